The van der Waals surface area contributed by atoms with Crippen LogP contribution in [0.2, 0.25) is 0 Å². The molecule has 0 aromatic carbocycles. The Morgan fingerprint density at radius 2 is 2.10 bits per heavy atom. The molecule has 2 aliphatic rings. The third-order valence-corrected chi connectivity index (χ3v) is 4.18. The molecule has 0 amide bonds. The number of aromatic nitrogens is 1. The van der Waals surface area contributed by atoms with E-state index < -0.39 is 11.9 Å². The molecular weight excluding hydrogens is 269 g/mol. The van der Waals surface area contributed by atoms with Gasteiger partial charge in [0.25, 0.3) is 0 Å². The number of nitrogens with zero attached hydrogens (tertiary/aromatic N) is 1. The Hall–Kier alpha value is -1.30. The first-order chi connectivity index (χ1) is 9.47. The van der Waals surface area contributed by atoms with E-state index in [2.05, 4.69) is 10.3 Å². The largest absolute Gasteiger partial charge is 0.474 e. The topological polar surface area (TPSA) is 34.1 Å². The molecule has 2 fully saturated rings. The van der Waals surface area contributed by atoms with E-state index in [-0.39, 0.29) is 12.0 Å². The molecule has 6 heteroatoms. The van der Waals surface area contributed by atoms with E-state index in [1.54, 1.807) is 0 Å². The van der Waals surface area contributed by atoms with E-state index in [4.69, 9.17) is 4.74 Å². The maximum Gasteiger partial charge on any atom is 0.433 e. The Morgan fingerprint density at radius 1 is 1.30 bits per heavy atom. The second-order valence-electron chi connectivity index (χ2n) is 5.79. The molecule has 0 bridgehead atoms. The van der Waals surface area contributed by atoms with Crippen molar-refractivity contribution in [1.82, 2.24) is 10.3 Å². The summed E-state index contributed by atoms with van der Waals surface area (Å²) in [6.45, 7) is 2.05. The van der Waals surface area contributed by atoms with Gasteiger partial charge in [-0.25, -0.2) is 4.98 Å². The van der Waals surface area contributed by atoms with Gasteiger partial charge in [0.2, 0.25) is 5.88 Å². The van der Waals surface area contributed by atoms with Gasteiger partial charge in [0.05, 0.1) is 0 Å². The number of hydrogen-bond acceptors (Lipinski definition) is 3. The Balaban J connectivity index is 1.60. The molecule has 0 atom stereocenters. The van der Waals surface area contributed by atoms with Crippen LogP contribution in [0.5, 0.6) is 5.88 Å². The summed E-state index contributed by atoms with van der Waals surface area (Å²) >= 11 is 0. The molecule has 1 aliphatic carbocycles. The molecule has 110 valence electrons. The molecule has 20 heavy (non-hydrogen) atoms. The summed E-state index contributed by atoms with van der Waals surface area (Å²) in [6, 6.07) is 3.78. The van der Waals surface area contributed by atoms with E-state index in [0.29, 0.717) is 5.41 Å². The fourth-order valence-electron chi connectivity index (χ4n) is 3.18. The lowest BCUT2D eigenvalue weighted by molar-refractivity contribution is -0.141. The van der Waals surface area contributed by atoms with Crippen LogP contribution in [-0.4, -0.2) is 24.2 Å². The van der Waals surface area contributed by atoms with E-state index in [0.717, 1.165) is 38.4 Å². The molecule has 3 rings (SSSR count). The lowest BCUT2D eigenvalue weighted by Crippen LogP contribution is -2.52. The Bertz CT molecular complexity index is 476. The summed E-state index contributed by atoms with van der Waals surface area (Å²) in [5, 5.41) is 3.37. The number of rotatable bonds is 2. The highest BCUT2D eigenvalue weighted by atomic mass is 19.4. The van der Waals surface area contributed by atoms with Gasteiger partial charge in [-0.1, -0.05) is 6.07 Å². The van der Waals surface area contributed by atoms with E-state index in [9.17, 15) is 13.2 Å². The first-order valence-corrected chi connectivity index (χ1v) is 6.89. The van der Waals surface area contributed by atoms with Gasteiger partial charge in [-0.2, -0.15) is 13.2 Å². The maximum atomic E-state index is 12.6. The summed E-state index contributed by atoms with van der Waals surface area (Å²) in [6.07, 6.45) is -0.292. The molecular formula is C14H17F3N2O. The third-order valence-electron chi connectivity index (χ3n) is 4.18. The van der Waals surface area contributed by atoms with Crippen LogP contribution in [0.15, 0.2) is 18.2 Å². The van der Waals surface area contributed by atoms with Crippen molar-refractivity contribution in [2.75, 3.05) is 13.1 Å². The number of hydrogen-bond donors (Lipinski definition) is 1. The van der Waals surface area contributed by atoms with Gasteiger partial charge in [-0.05, 0) is 43.7 Å². The van der Waals surface area contributed by atoms with Crippen LogP contribution in [0.4, 0.5) is 13.2 Å². The van der Waals surface area contributed by atoms with Crippen molar-refractivity contribution in [2.24, 2.45) is 5.41 Å². The van der Waals surface area contributed by atoms with Crippen LogP contribution < -0.4 is 10.1 Å². The van der Waals surface area contributed by atoms with Crippen molar-refractivity contribution in [1.29, 1.82) is 0 Å². The number of piperidine rings is 1. The van der Waals surface area contributed by atoms with Gasteiger partial charge in [-0.15, -0.1) is 0 Å². The predicted octanol–water partition coefficient (Wildman–Crippen LogP) is 3.01. The van der Waals surface area contributed by atoms with E-state index in [1.807, 2.05) is 0 Å². The summed E-state index contributed by atoms with van der Waals surface area (Å²) in [4.78, 5) is 3.54. The van der Waals surface area contributed by atoms with Crippen molar-refractivity contribution in [3.8, 4) is 5.88 Å². The SMILES string of the molecule is FC(F)(F)c1cccc(OC2CC3(CCCNC3)C2)n1. The van der Waals surface area contributed by atoms with Crippen LogP contribution in [0.25, 0.3) is 0 Å². The second-order valence-corrected chi connectivity index (χ2v) is 5.79. The van der Waals surface area contributed by atoms with Crippen molar-refractivity contribution in [2.45, 2.75) is 38.0 Å². The minimum Gasteiger partial charge on any atom is -0.474 e. The highest BCUT2D eigenvalue weighted by Gasteiger charge is 2.46. The molecule has 1 aromatic heterocycles. The average Bonchev–Trinajstić information content (AvgIpc) is 2.37. The van der Waals surface area contributed by atoms with E-state index >= 15 is 0 Å². The molecule has 0 radical (unpaired) electrons. The van der Waals surface area contributed by atoms with Gasteiger partial charge in [0.1, 0.15) is 11.8 Å². The molecule has 3 nitrogen and oxygen atoms in total. The lowest BCUT2D eigenvalue weighted by atomic mass is 9.63. The van der Waals surface area contributed by atoms with Crippen molar-refractivity contribution >= 4 is 0 Å². The molecule has 1 N–H and O–H groups in total. The van der Waals surface area contributed by atoms with Crippen LogP contribution >= 0.6 is 0 Å². The summed E-state index contributed by atoms with van der Waals surface area (Å²) in [5.41, 5.74) is -0.603. The first-order valence-electron chi connectivity index (χ1n) is 6.89. The van der Waals surface area contributed by atoms with Gasteiger partial charge in [0, 0.05) is 12.6 Å². The zero-order valence-corrected chi connectivity index (χ0v) is 11.0. The number of nitrogens with one attached hydrogen (secondary N) is 1. The summed E-state index contributed by atoms with van der Waals surface area (Å²) in [5.74, 6) is 0.0726. The van der Waals surface area contributed by atoms with Gasteiger partial charge < -0.3 is 10.1 Å². The van der Waals surface area contributed by atoms with Crippen molar-refractivity contribution < 1.29 is 17.9 Å². The smallest absolute Gasteiger partial charge is 0.433 e. The normalized spacial score (nSPS) is 30.1. The molecule has 1 aromatic rings. The molecule has 1 saturated carbocycles. The highest BCUT2D eigenvalue weighted by Crippen LogP contribution is 2.47. The van der Waals surface area contributed by atoms with Crippen LogP contribution in [0.3, 0.4) is 0 Å². The fourth-order valence-corrected chi connectivity index (χ4v) is 3.18. The molecule has 0 unspecified atom stereocenters. The summed E-state index contributed by atoms with van der Waals surface area (Å²) in [7, 11) is 0. The van der Waals surface area contributed by atoms with Crippen molar-refractivity contribution in [3.05, 3.63) is 23.9 Å². The standard InChI is InChI=1S/C14H17F3N2O/c15-14(16,17)11-3-1-4-12(19-11)20-10-7-13(8-10)5-2-6-18-9-13/h1,3-4,10,18H,2,5-9H2. The van der Waals surface area contributed by atoms with Crippen LogP contribution in [0.1, 0.15) is 31.4 Å². The number of pyridine rings is 1. The third kappa shape index (κ3) is 2.75. The predicted molar refractivity (Wildman–Crippen MR) is 67.4 cm³/mol. The van der Waals surface area contributed by atoms with Crippen molar-refractivity contribution in [3.63, 3.8) is 0 Å². The molecule has 1 spiro atoms. The Kier molecular flexibility index (Phi) is 3.36. The van der Waals surface area contributed by atoms with Gasteiger partial charge in [0.15, 0.2) is 0 Å². The molecule has 2 heterocycles. The summed E-state index contributed by atoms with van der Waals surface area (Å²) < 4.78 is 43.3. The minimum atomic E-state index is -4.42. The monoisotopic (exact) mass is 286 g/mol. The zero-order valence-electron chi connectivity index (χ0n) is 11.0. The van der Waals surface area contributed by atoms with Crippen LogP contribution in [0, 0.1) is 5.41 Å². The first kappa shape index (κ1) is 13.7. The number of halogens is 3. The molecule has 1 saturated heterocycles. The number of alkyl halides is 3. The lowest BCUT2D eigenvalue weighted by Gasteiger charge is -2.49. The highest BCUT2D eigenvalue weighted by molar-refractivity contribution is 5.18. The average molecular weight is 286 g/mol. The zero-order chi connectivity index (χ0) is 14.2. The Morgan fingerprint density at radius 3 is 2.75 bits per heavy atom. The Labute approximate surface area is 115 Å². The quantitative estimate of drug-likeness (QED) is 0.907. The van der Waals surface area contributed by atoms with Crippen LogP contribution in [-0.2, 0) is 6.18 Å². The minimum absolute atomic E-state index is 0.00844. The van der Waals surface area contributed by atoms with E-state index in [1.165, 1.54) is 18.6 Å². The second kappa shape index (κ2) is 4.91. The van der Waals surface area contributed by atoms with Gasteiger partial charge in [-0.3, -0.25) is 0 Å². The maximum absolute atomic E-state index is 12.6. The van der Waals surface area contributed by atoms with Gasteiger partial charge >= 0.3 is 6.18 Å². The number of ether oxygens (including phenoxy) is 1. The molecule has 1 aliphatic heterocycles. The fraction of sp³-hybridized carbons (Fsp3) is 0.643.